The van der Waals surface area contributed by atoms with Gasteiger partial charge in [0.25, 0.3) is 0 Å². The molecule has 1 aromatic rings. The number of aromatic nitrogens is 2. The van der Waals surface area contributed by atoms with Gasteiger partial charge in [0.2, 0.25) is 0 Å². The summed E-state index contributed by atoms with van der Waals surface area (Å²) < 4.78 is 5.38. The van der Waals surface area contributed by atoms with Crippen LogP contribution in [0.3, 0.4) is 0 Å². The van der Waals surface area contributed by atoms with E-state index in [1.165, 1.54) is 0 Å². The highest BCUT2D eigenvalue weighted by atomic mass is 16.5. The Morgan fingerprint density at radius 3 is 2.37 bits per heavy atom. The van der Waals surface area contributed by atoms with Crippen LogP contribution < -0.4 is 10.6 Å². The smallest absolute Gasteiger partial charge is 0.158 e. The summed E-state index contributed by atoms with van der Waals surface area (Å²) in [6, 6.07) is 2.40. The number of anilines is 2. The number of rotatable bonds is 9. The first-order chi connectivity index (χ1) is 9.23. The molecule has 1 heterocycles. The fraction of sp³-hybridized carbons (Fsp3) is 0.714. The van der Waals surface area contributed by atoms with E-state index < -0.39 is 0 Å². The number of nitrogens with zero attached hydrogens (tertiary/aromatic N) is 2. The molecule has 108 valence electrons. The molecule has 0 amide bonds. The van der Waals surface area contributed by atoms with E-state index in [0.29, 0.717) is 25.1 Å². The first kappa shape index (κ1) is 15.7. The van der Waals surface area contributed by atoms with Crippen molar-refractivity contribution in [2.75, 3.05) is 23.8 Å². The number of nitrogens with one attached hydrogen (secondary N) is 2. The molecule has 5 nitrogen and oxygen atoms in total. The predicted molar refractivity (Wildman–Crippen MR) is 79.5 cm³/mol. The van der Waals surface area contributed by atoms with Crippen molar-refractivity contribution in [1.29, 1.82) is 0 Å². The van der Waals surface area contributed by atoms with Gasteiger partial charge in [-0.2, -0.15) is 0 Å². The average Bonchev–Trinajstić information content (AvgIpc) is 2.42. The van der Waals surface area contributed by atoms with Crippen LogP contribution in [0.25, 0.3) is 0 Å². The van der Waals surface area contributed by atoms with Gasteiger partial charge in [0.15, 0.2) is 5.82 Å². The fourth-order valence-corrected chi connectivity index (χ4v) is 1.80. The van der Waals surface area contributed by atoms with Crippen LogP contribution in [0, 0.1) is 0 Å². The quantitative estimate of drug-likeness (QED) is 0.719. The normalized spacial score (nSPS) is 10.8. The molecule has 0 bridgehead atoms. The summed E-state index contributed by atoms with van der Waals surface area (Å²) in [5, 5.41) is 6.67. The van der Waals surface area contributed by atoms with Crippen LogP contribution in [-0.2, 0) is 11.3 Å². The summed E-state index contributed by atoms with van der Waals surface area (Å²) in [5.74, 6) is 2.43. The first-order valence-electron chi connectivity index (χ1n) is 7.19. The van der Waals surface area contributed by atoms with Crippen molar-refractivity contribution >= 4 is 11.6 Å². The molecule has 2 N–H and O–H groups in total. The van der Waals surface area contributed by atoms with Gasteiger partial charge >= 0.3 is 0 Å². The Balaban J connectivity index is 2.85. The maximum Gasteiger partial charge on any atom is 0.158 e. The number of ether oxygens (including phenoxy) is 1. The van der Waals surface area contributed by atoms with Gasteiger partial charge in [0, 0.05) is 25.3 Å². The Bertz CT molecular complexity index is 366. The molecule has 0 atom stereocenters. The van der Waals surface area contributed by atoms with Crippen molar-refractivity contribution in [2.24, 2.45) is 0 Å². The topological polar surface area (TPSA) is 59.1 Å². The molecule has 0 aliphatic heterocycles. The summed E-state index contributed by atoms with van der Waals surface area (Å²) in [7, 11) is 0. The summed E-state index contributed by atoms with van der Waals surface area (Å²) >= 11 is 0. The molecular formula is C14H26N4O. The minimum absolute atomic E-state index is 0.448. The predicted octanol–water partition coefficient (Wildman–Crippen LogP) is 3.05. The maximum absolute atomic E-state index is 5.38. The highest BCUT2D eigenvalue weighted by Crippen LogP contribution is 2.14. The lowest BCUT2D eigenvalue weighted by Gasteiger charge is -2.17. The van der Waals surface area contributed by atoms with Crippen LogP contribution in [0.5, 0.6) is 0 Å². The Labute approximate surface area is 116 Å². The van der Waals surface area contributed by atoms with Crippen LogP contribution in [0.15, 0.2) is 6.07 Å². The van der Waals surface area contributed by atoms with E-state index >= 15 is 0 Å². The van der Waals surface area contributed by atoms with E-state index in [1.807, 2.05) is 13.0 Å². The van der Waals surface area contributed by atoms with Crippen molar-refractivity contribution in [3.8, 4) is 0 Å². The third-order valence-corrected chi connectivity index (χ3v) is 2.90. The highest BCUT2D eigenvalue weighted by Gasteiger charge is 2.08. The molecule has 1 rings (SSSR count). The highest BCUT2D eigenvalue weighted by molar-refractivity contribution is 5.48. The van der Waals surface area contributed by atoms with Crippen molar-refractivity contribution in [3.63, 3.8) is 0 Å². The molecular weight excluding hydrogens is 240 g/mol. The van der Waals surface area contributed by atoms with E-state index in [1.54, 1.807) is 0 Å². The first-order valence-corrected chi connectivity index (χ1v) is 7.19. The molecule has 0 aliphatic carbocycles. The van der Waals surface area contributed by atoms with E-state index in [2.05, 4.69) is 41.4 Å². The van der Waals surface area contributed by atoms with Crippen molar-refractivity contribution < 1.29 is 4.74 Å². The molecule has 1 aromatic heterocycles. The maximum atomic E-state index is 5.38. The lowest BCUT2D eigenvalue weighted by molar-refractivity contribution is 0.128. The van der Waals surface area contributed by atoms with Gasteiger partial charge in [-0.3, -0.25) is 0 Å². The van der Waals surface area contributed by atoms with Gasteiger partial charge < -0.3 is 15.4 Å². The van der Waals surface area contributed by atoms with Gasteiger partial charge in [0.05, 0.1) is 0 Å². The Hall–Kier alpha value is -1.36. The lowest BCUT2D eigenvalue weighted by atomic mass is 10.2. The minimum atomic E-state index is 0.448. The van der Waals surface area contributed by atoms with Crippen LogP contribution in [0.1, 0.15) is 46.4 Å². The lowest BCUT2D eigenvalue weighted by Crippen LogP contribution is -2.19. The van der Waals surface area contributed by atoms with E-state index in [0.717, 1.165) is 31.0 Å². The van der Waals surface area contributed by atoms with Crippen LogP contribution in [0.2, 0.25) is 0 Å². The zero-order valence-electron chi connectivity index (χ0n) is 12.5. The van der Waals surface area contributed by atoms with Gasteiger partial charge in [-0.1, -0.05) is 13.8 Å². The van der Waals surface area contributed by atoms with E-state index in [9.17, 15) is 0 Å². The Morgan fingerprint density at radius 1 is 1.11 bits per heavy atom. The fourth-order valence-electron chi connectivity index (χ4n) is 1.80. The molecule has 0 saturated heterocycles. The van der Waals surface area contributed by atoms with Crippen molar-refractivity contribution in [1.82, 2.24) is 9.97 Å². The minimum Gasteiger partial charge on any atom is -0.374 e. The Morgan fingerprint density at radius 2 is 1.79 bits per heavy atom. The molecule has 19 heavy (non-hydrogen) atoms. The van der Waals surface area contributed by atoms with E-state index in [4.69, 9.17) is 4.74 Å². The van der Waals surface area contributed by atoms with Crippen LogP contribution >= 0.6 is 0 Å². The van der Waals surface area contributed by atoms with Gasteiger partial charge in [0.1, 0.15) is 18.2 Å². The Kier molecular flexibility index (Phi) is 7.18. The van der Waals surface area contributed by atoms with Crippen LogP contribution in [0.4, 0.5) is 11.6 Å². The van der Waals surface area contributed by atoms with Crippen molar-refractivity contribution in [2.45, 2.75) is 53.2 Å². The molecule has 0 aromatic carbocycles. The molecule has 0 aliphatic rings. The summed E-state index contributed by atoms with van der Waals surface area (Å²) in [5.41, 5.74) is 0. The third kappa shape index (κ3) is 5.42. The number of hydrogen-bond acceptors (Lipinski definition) is 5. The summed E-state index contributed by atoms with van der Waals surface area (Å²) in [6.07, 6.45) is 2.16. The molecule has 0 unspecified atom stereocenters. The zero-order valence-corrected chi connectivity index (χ0v) is 12.5. The molecule has 0 spiro atoms. The van der Waals surface area contributed by atoms with Crippen LogP contribution in [-0.4, -0.2) is 29.2 Å². The summed E-state index contributed by atoms with van der Waals surface area (Å²) in [6.45, 7) is 10.3. The van der Waals surface area contributed by atoms with Gasteiger partial charge in [-0.05, 0) is 26.7 Å². The second kappa shape index (κ2) is 8.69. The zero-order chi connectivity index (χ0) is 14.1. The van der Waals surface area contributed by atoms with Gasteiger partial charge in [-0.25, -0.2) is 9.97 Å². The molecule has 0 fully saturated rings. The summed E-state index contributed by atoms with van der Waals surface area (Å²) in [4.78, 5) is 8.93. The average molecular weight is 266 g/mol. The monoisotopic (exact) mass is 266 g/mol. The largest absolute Gasteiger partial charge is 0.374 e. The van der Waals surface area contributed by atoms with Crippen molar-refractivity contribution in [3.05, 3.63) is 11.9 Å². The second-order valence-corrected chi connectivity index (χ2v) is 4.38. The standard InChI is InChI=1S/C14H26N4O/c1-5-11(6-2)16-13-9-12(15-7-3)17-14(18-13)10-19-8-4/h9,11H,5-8,10H2,1-4H3,(H2,15,16,17,18). The number of hydrogen-bond donors (Lipinski definition) is 2. The third-order valence-electron chi connectivity index (χ3n) is 2.90. The second-order valence-electron chi connectivity index (χ2n) is 4.38. The molecule has 5 heteroatoms. The molecule has 0 saturated carbocycles. The van der Waals surface area contributed by atoms with E-state index in [-0.39, 0.29) is 0 Å². The molecule has 0 radical (unpaired) electrons. The van der Waals surface area contributed by atoms with Gasteiger partial charge in [-0.15, -0.1) is 0 Å². The SMILES string of the molecule is CCNc1cc(NC(CC)CC)nc(COCC)n1.